The summed E-state index contributed by atoms with van der Waals surface area (Å²) in [6.45, 7) is 10.5. The highest BCUT2D eigenvalue weighted by Gasteiger charge is 2.05. The maximum Gasteiger partial charge on any atom is 0.0644 e. The first-order chi connectivity index (χ1) is 10.0. The topological polar surface area (TPSA) is 33.7 Å². The van der Waals surface area contributed by atoms with E-state index in [2.05, 4.69) is 56.2 Å². The minimum Gasteiger partial charge on any atom is -0.383 e. The lowest BCUT2D eigenvalue weighted by molar-refractivity contribution is 0.0846. The summed E-state index contributed by atoms with van der Waals surface area (Å²) in [7, 11) is 3.83. The second-order valence-corrected chi connectivity index (χ2v) is 5.62. The number of methoxy groups -OCH3 is 1. The molecule has 0 aromatic heterocycles. The molecule has 0 atom stereocenters. The summed E-state index contributed by atoms with van der Waals surface area (Å²) in [5.74, 6) is 0. The molecule has 0 unspecified atom stereocenters. The third-order valence-corrected chi connectivity index (χ3v) is 3.44. The molecule has 1 aromatic carbocycles. The van der Waals surface area contributed by atoms with Gasteiger partial charge in [0, 0.05) is 39.5 Å². The van der Waals surface area contributed by atoms with Crippen LogP contribution in [-0.4, -0.2) is 46.6 Å². The monoisotopic (exact) mass is 294 g/mol. The molecule has 0 aliphatic heterocycles. The van der Waals surface area contributed by atoms with E-state index in [0.717, 1.165) is 32.8 Å². The smallest absolute Gasteiger partial charge is 0.0644 e. The largest absolute Gasteiger partial charge is 0.383 e. The van der Waals surface area contributed by atoms with Gasteiger partial charge in [0.1, 0.15) is 0 Å². The van der Waals surface area contributed by atoms with Crippen LogP contribution in [0.15, 0.2) is 18.2 Å². The van der Waals surface area contributed by atoms with Crippen LogP contribution in [0.4, 0.5) is 5.69 Å². The first-order valence-corrected chi connectivity index (χ1v) is 7.66. The Balaban J connectivity index is 2.48. The van der Waals surface area contributed by atoms with Gasteiger partial charge < -0.3 is 19.7 Å². The lowest BCUT2D eigenvalue weighted by Gasteiger charge is -2.21. The minimum absolute atomic E-state index is 0.292. The van der Waals surface area contributed by atoms with Crippen LogP contribution in [0.2, 0.25) is 0 Å². The first-order valence-electron chi connectivity index (χ1n) is 7.66. The second-order valence-electron chi connectivity index (χ2n) is 5.62. The average Bonchev–Trinajstić information content (AvgIpc) is 2.44. The summed E-state index contributed by atoms with van der Waals surface area (Å²) >= 11 is 0. The van der Waals surface area contributed by atoms with Crippen LogP contribution in [0.25, 0.3) is 0 Å². The van der Waals surface area contributed by atoms with Crippen LogP contribution in [0.5, 0.6) is 0 Å². The summed E-state index contributed by atoms with van der Waals surface area (Å²) in [5.41, 5.74) is 3.89. The fourth-order valence-electron chi connectivity index (χ4n) is 2.07. The van der Waals surface area contributed by atoms with Crippen LogP contribution in [0.1, 0.15) is 25.0 Å². The summed E-state index contributed by atoms with van der Waals surface area (Å²) in [6.07, 6.45) is 0.292. The molecule has 1 N–H and O–H groups in total. The summed E-state index contributed by atoms with van der Waals surface area (Å²) in [6, 6.07) is 6.61. The molecular weight excluding hydrogens is 264 g/mol. The molecule has 0 saturated heterocycles. The number of hydrogen-bond acceptors (Lipinski definition) is 4. The Hall–Kier alpha value is -1.10. The molecule has 0 amide bonds. The van der Waals surface area contributed by atoms with Gasteiger partial charge in [0.05, 0.1) is 19.3 Å². The number of aryl methyl sites for hydroxylation is 1. The summed E-state index contributed by atoms with van der Waals surface area (Å²) in [4.78, 5) is 2.23. The van der Waals surface area contributed by atoms with Crippen molar-refractivity contribution in [3.05, 3.63) is 29.3 Å². The molecule has 120 valence electrons. The van der Waals surface area contributed by atoms with Crippen molar-refractivity contribution < 1.29 is 9.47 Å². The van der Waals surface area contributed by atoms with E-state index in [4.69, 9.17) is 9.47 Å². The first kappa shape index (κ1) is 18.0. The van der Waals surface area contributed by atoms with Crippen molar-refractivity contribution in [2.75, 3.05) is 45.4 Å². The molecule has 0 spiro atoms. The van der Waals surface area contributed by atoms with Gasteiger partial charge in [-0.05, 0) is 44.0 Å². The van der Waals surface area contributed by atoms with Crippen LogP contribution in [0, 0.1) is 6.92 Å². The normalized spacial score (nSPS) is 11.1. The SMILES string of the molecule is COCCNCc1ccc(N(C)CCOC(C)C)cc1C. The number of nitrogens with zero attached hydrogens (tertiary/aromatic N) is 1. The average molecular weight is 294 g/mol. The summed E-state index contributed by atoms with van der Waals surface area (Å²) in [5, 5.41) is 3.38. The van der Waals surface area contributed by atoms with E-state index in [-0.39, 0.29) is 0 Å². The molecule has 0 bridgehead atoms. The van der Waals surface area contributed by atoms with Crippen molar-refractivity contribution in [3.8, 4) is 0 Å². The zero-order chi connectivity index (χ0) is 15.7. The minimum atomic E-state index is 0.292. The van der Waals surface area contributed by atoms with Crippen molar-refractivity contribution in [2.45, 2.75) is 33.4 Å². The zero-order valence-electron chi connectivity index (χ0n) is 14.1. The fourth-order valence-corrected chi connectivity index (χ4v) is 2.07. The van der Waals surface area contributed by atoms with Crippen molar-refractivity contribution in [1.29, 1.82) is 0 Å². The zero-order valence-corrected chi connectivity index (χ0v) is 14.1. The van der Waals surface area contributed by atoms with E-state index in [1.165, 1.54) is 16.8 Å². The molecule has 4 nitrogen and oxygen atoms in total. The molecule has 1 aromatic rings. The second kappa shape index (κ2) is 9.77. The van der Waals surface area contributed by atoms with Gasteiger partial charge >= 0.3 is 0 Å². The molecule has 0 saturated carbocycles. The highest BCUT2D eigenvalue weighted by atomic mass is 16.5. The van der Waals surface area contributed by atoms with Gasteiger partial charge in [0.2, 0.25) is 0 Å². The van der Waals surface area contributed by atoms with E-state index in [9.17, 15) is 0 Å². The lowest BCUT2D eigenvalue weighted by atomic mass is 10.1. The standard InChI is InChI=1S/C17H30N2O2/c1-14(2)21-11-9-19(4)17-7-6-16(15(3)12-17)13-18-8-10-20-5/h6-7,12,14,18H,8-11,13H2,1-5H3. The van der Waals surface area contributed by atoms with Gasteiger partial charge in [0.25, 0.3) is 0 Å². The van der Waals surface area contributed by atoms with Crippen LogP contribution in [-0.2, 0) is 16.0 Å². The van der Waals surface area contributed by atoms with E-state index < -0.39 is 0 Å². The van der Waals surface area contributed by atoms with Crippen molar-refractivity contribution in [2.24, 2.45) is 0 Å². The molecule has 1 rings (SSSR count). The van der Waals surface area contributed by atoms with E-state index in [0.29, 0.717) is 6.10 Å². The predicted octanol–water partition coefficient (Wildman–Crippen LogP) is 2.59. The Morgan fingerprint density at radius 1 is 1.24 bits per heavy atom. The molecule has 21 heavy (non-hydrogen) atoms. The number of nitrogens with one attached hydrogen (secondary N) is 1. The van der Waals surface area contributed by atoms with Gasteiger partial charge in [-0.25, -0.2) is 0 Å². The van der Waals surface area contributed by atoms with Crippen molar-refractivity contribution in [3.63, 3.8) is 0 Å². The molecular formula is C17H30N2O2. The van der Waals surface area contributed by atoms with Crippen LogP contribution in [0.3, 0.4) is 0 Å². The number of rotatable bonds is 10. The Morgan fingerprint density at radius 3 is 2.62 bits per heavy atom. The van der Waals surface area contributed by atoms with Gasteiger partial charge in [-0.3, -0.25) is 0 Å². The molecule has 0 heterocycles. The third kappa shape index (κ3) is 6.93. The fraction of sp³-hybridized carbons (Fsp3) is 0.647. The molecule has 0 fully saturated rings. The van der Waals surface area contributed by atoms with Gasteiger partial charge in [-0.1, -0.05) is 6.07 Å². The summed E-state index contributed by atoms with van der Waals surface area (Å²) < 4.78 is 10.6. The Kier molecular flexibility index (Phi) is 8.35. The highest BCUT2D eigenvalue weighted by Crippen LogP contribution is 2.18. The van der Waals surface area contributed by atoms with Crippen molar-refractivity contribution in [1.82, 2.24) is 5.32 Å². The quantitative estimate of drug-likeness (QED) is 0.673. The predicted molar refractivity (Wildman–Crippen MR) is 89.1 cm³/mol. The van der Waals surface area contributed by atoms with E-state index in [1.807, 2.05) is 0 Å². The maximum atomic E-state index is 5.60. The Labute approximate surface area is 129 Å². The number of likely N-dealkylation sites (N-methyl/N-ethyl adjacent to an activating group) is 1. The van der Waals surface area contributed by atoms with Crippen LogP contribution >= 0.6 is 0 Å². The van der Waals surface area contributed by atoms with Crippen LogP contribution < -0.4 is 10.2 Å². The highest BCUT2D eigenvalue weighted by molar-refractivity contribution is 5.50. The Morgan fingerprint density at radius 2 is 2.00 bits per heavy atom. The lowest BCUT2D eigenvalue weighted by Crippen LogP contribution is -2.24. The van der Waals surface area contributed by atoms with E-state index in [1.54, 1.807) is 7.11 Å². The molecule has 0 aliphatic carbocycles. The molecule has 0 aliphatic rings. The molecule has 4 heteroatoms. The van der Waals surface area contributed by atoms with Gasteiger partial charge in [-0.2, -0.15) is 0 Å². The maximum absolute atomic E-state index is 5.60. The Bertz CT molecular complexity index is 408. The van der Waals surface area contributed by atoms with Crippen molar-refractivity contribution >= 4 is 5.69 Å². The number of hydrogen-bond donors (Lipinski definition) is 1. The number of benzene rings is 1. The van der Waals surface area contributed by atoms with Gasteiger partial charge in [-0.15, -0.1) is 0 Å². The number of anilines is 1. The molecule has 0 radical (unpaired) electrons. The van der Waals surface area contributed by atoms with Gasteiger partial charge in [0.15, 0.2) is 0 Å². The third-order valence-electron chi connectivity index (χ3n) is 3.44. The number of ether oxygens (including phenoxy) is 2. The van der Waals surface area contributed by atoms with E-state index >= 15 is 0 Å².